The van der Waals surface area contributed by atoms with Crippen molar-refractivity contribution in [3.8, 4) is 0 Å². The topological polar surface area (TPSA) is 57.7 Å². The number of benzene rings is 1. The number of anilines is 1. The SMILES string of the molecule is CCC(C(=O)N(C)C)N(c1cc(C)cc(C)c1)S(C)(=O)=O. The molecule has 0 aliphatic rings. The number of carbonyl (C=O) groups excluding carboxylic acids is 1. The van der Waals surface area contributed by atoms with E-state index in [0.717, 1.165) is 17.4 Å². The number of sulfonamides is 1. The van der Waals surface area contributed by atoms with Gasteiger partial charge in [-0.1, -0.05) is 13.0 Å². The fourth-order valence-electron chi connectivity index (χ4n) is 2.42. The van der Waals surface area contributed by atoms with Gasteiger partial charge in [-0.2, -0.15) is 0 Å². The lowest BCUT2D eigenvalue weighted by atomic mass is 10.1. The highest BCUT2D eigenvalue weighted by Gasteiger charge is 2.32. The highest BCUT2D eigenvalue weighted by atomic mass is 32.2. The van der Waals surface area contributed by atoms with Gasteiger partial charge in [0, 0.05) is 14.1 Å². The molecule has 0 aromatic heterocycles. The smallest absolute Gasteiger partial charge is 0.245 e. The third-order valence-corrected chi connectivity index (χ3v) is 4.39. The van der Waals surface area contributed by atoms with Gasteiger partial charge in [0.1, 0.15) is 6.04 Å². The number of hydrogen-bond acceptors (Lipinski definition) is 3. The van der Waals surface area contributed by atoms with E-state index in [4.69, 9.17) is 0 Å². The van der Waals surface area contributed by atoms with Gasteiger partial charge in [-0.05, 0) is 43.5 Å². The third-order valence-electron chi connectivity index (χ3n) is 3.21. The van der Waals surface area contributed by atoms with Crippen LogP contribution in [-0.4, -0.2) is 45.6 Å². The zero-order chi connectivity index (χ0) is 16.4. The lowest BCUT2D eigenvalue weighted by Gasteiger charge is -2.32. The van der Waals surface area contributed by atoms with Gasteiger partial charge in [-0.25, -0.2) is 8.42 Å². The minimum Gasteiger partial charge on any atom is -0.347 e. The van der Waals surface area contributed by atoms with Crippen molar-refractivity contribution in [1.29, 1.82) is 0 Å². The second-order valence-electron chi connectivity index (χ2n) is 5.56. The Morgan fingerprint density at radius 3 is 1.95 bits per heavy atom. The van der Waals surface area contributed by atoms with Crippen molar-refractivity contribution in [2.24, 2.45) is 0 Å². The first-order chi connectivity index (χ1) is 9.57. The maximum absolute atomic E-state index is 12.3. The molecular weight excluding hydrogens is 288 g/mol. The quantitative estimate of drug-likeness (QED) is 0.835. The van der Waals surface area contributed by atoms with Gasteiger partial charge >= 0.3 is 0 Å². The van der Waals surface area contributed by atoms with Crippen molar-refractivity contribution >= 4 is 21.6 Å². The minimum atomic E-state index is -3.56. The highest BCUT2D eigenvalue weighted by molar-refractivity contribution is 7.92. The molecule has 0 saturated carbocycles. The van der Waals surface area contributed by atoms with E-state index in [1.807, 2.05) is 26.8 Å². The van der Waals surface area contributed by atoms with Crippen LogP contribution in [0.3, 0.4) is 0 Å². The van der Waals surface area contributed by atoms with Gasteiger partial charge in [-0.3, -0.25) is 9.10 Å². The Morgan fingerprint density at radius 2 is 1.62 bits per heavy atom. The van der Waals surface area contributed by atoms with Gasteiger partial charge in [0.05, 0.1) is 11.9 Å². The van der Waals surface area contributed by atoms with E-state index in [1.165, 1.54) is 9.21 Å². The van der Waals surface area contributed by atoms with Gasteiger partial charge < -0.3 is 4.90 Å². The predicted octanol–water partition coefficient (Wildman–Crippen LogP) is 1.94. The number of carbonyl (C=O) groups is 1. The first-order valence-electron chi connectivity index (χ1n) is 6.86. The molecular formula is C15H24N2O3S. The average molecular weight is 312 g/mol. The van der Waals surface area contributed by atoms with Crippen LogP contribution in [0, 0.1) is 13.8 Å². The normalized spacial score (nSPS) is 12.9. The lowest BCUT2D eigenvalue weighted by molar-refractivity contribution is -0.129. The number of rotatable bonds is 5. The van der Waals surface area contributed by atoms with Gasteiger partial charge in [-0.15, -0.1) is 0 Å². The molecule has 0 radical (unpaired) electrons. The number of hydrogen-bond donors (Lipinski definition) is 0. The Bertz CT molecular complexity index is 604. The number of nitrogens with zero attached hydrogens (tertiary/aromatic N) is 2. The summed E-state index contributed by atoms with van der Waals surface area (Å²) in [5, 5.41) is 0. The molecule has 0 bridgehead atoms. The average Bonchev–Trinajstić information content (AvgIpc) is 2.31. The van der Waals surface area contributed by atoms with Crippen LogP contribution in [0.2, 0.25) is 0 Å². The molecule has 21 heavy (non-hydrogen) atoms. The Kier molecular flexibility index (Phi) is 5.39. The van der Waals surface area contributed by atoms with Crippen LogP contribution in [-0.2, 0) is 14.8 Å². The standard InChI is InChI=1S/C15H24N2O3S/c1-7-14(15(18)16(4)5)17(21(6,19)20)13-9-11(2)8-12(3)10-13/h8-10,14H,7H2,1-6H3. The van der Waals surface area contributed by atoms with Crippen LogP contribution in [0.5, 0.6) is 0 Å². The summed E-state index contributed by atoms with van der Waals surface area (Å²) >= 11 is 0. The van der Waals surface area contributed by atoms with Gasteiger partial charge in [0.25, 0.3) is 0 Å². The monoisotopic (exact) mass is 312 g/mol. The Hall–Kier alpha value is -1.56. The molecule has 1 aromatic carbocycles. The van der Waals surface area contributed by atoms with E-state index < -0.39 is 16.1 Å². The summed E-state index contributed by atoms with van der Waals surface area (Å²) in [7, 11) is -0.292. The van der Waals surface area contributed by atoms with Crippen molar-refractivity contribution < 1.29 is 13.2 Å². The summed E-state index contributed by atoms with van der Waals surface area (Å²) in [5.41, 5.74) is 2.47. The second kappa shape index (κ2) is 6.47. The van der Waals surface area contributed by atoms with Gasteiger partial charge in [0.15, 0.2) is 0 Å². The molecule has 0 spiro atoms. The molecule has 0 aliphatic carbocycles. The Balaban J connectivity index is 3.45. The Labute approximate surface area is 127 Å². The number of likely N-dealkylation sites (N-methyl/N-ethyl adjacent to an activating group) is 1. The second-order valence-corrected chi connectivity index (χ2v) is 7.42. The van der Waals surface area contributed by atoms with E-state index in [-0.39, 0.29) is 5.91 Å². The van der Waals surface area contributed by atoms with Crippen LogP contribution in [0.4, 0.5) is 5.69 Å². The molecule has 1 amide bonds. The van der Waals surface area contributed by atoms with E-state index in [9.17, 15) is 13.2 Å². The first kappa shape index (κ1) is 17.5. The van der Waals surface area contributed by atoms with Gasteiger partial charge in [0.2, 0.25) is 15.9 Å². The molecule has 5 nitrogen and oxygen atoms in total. The zero-order valence-electron chi connectivity index (χ0n) is 13.5. The summed E-state index contributed by atoms with van der Waals surface area (Å²) in [6.07, 6.45) is 1.55. The number of amides is 1. The fraction of sp³-hybridized carbons (Fsp3) is 0.533. The molecule has 0 aliphatic heterocycles. The summed E-state index contributed by atoms with van der Waals surface area (Å²) in [4.78, 5) is 13.8. The van der Waals surface area contributed by atoms with Crippen LogP contribution >= 0.6 is 0 Å². The molecule has 0 fully saturated rings. The van der Waals surface area contributed by atoms with E-state index in [0.29, 0.717) is 12.1 Å². The van der Waals surface area contributed by atoms with Crippen LogP contribution in [0.15, 0.2) is 18.2 Å². The molecule has 0 saturated heterocycles. The molecule has 1 unspecified atom stereocenters. The third kappa shape index (κ3) is 4.20. The first-order valence-corrected chi connectivity index (χ1v) is 8.71. The molecule has 118 valence electrons. The molecule has 1 aromatic rings. The maximum atomic E-state index is 12.3. The summed E-state index contributed by atoms with van der Waals surface area (Å²) in [6, 6.07) is 4.83. The lowest BCUT2D eigenvalue weighted by Crippen LogP contribution is -2.48. The van der Waals surface area contributed by atoms with Crippen LogP contribution < -0.4 is 4.31 Å². The highest BCUT2D eigenvalue weighted by Crippen LogP contribution is 2.25. The van der Waals surface area contributed by atoms with E-state index in [1.54, 1.807) is 26.2 Å². The molecule has 1 rings (SSSR count). The van der Waals surface area contributed by atoms with Crippen molar-refractivity contribution in [2.75, 3.05) is 24.7 Å². The largest absolute Gasteiger partial charge is 0.347 e. The van der Waals surface area contributed by atoms with E-state index in [2.05, 4.69) is 0 Å². The Morgan fingerprint density at radius 1 is 1.14 bits per heavy atom. The van der Waals surface area contributed by atoms with Crippen molar-refractivity contribution in [3.63, 3.8) is 0 Å². The van der Waals surface area contributed by atoms with E-state index >= 15 is 0 Å². The summed E-state index contributed by atoms with van der Waals surface area (Å²) < 4.78 is 25.7. The summed E-state index contributed by atoms with van der Waals surface area (Å²) in [5.74, 6) is -0.220. The van der Waals surface area contributed by atoms with Crippen LogP contribution in [0.25, 0.3) is 0 Å². The maximum Gasteiger partial charge on any atom is 0.245 e. The molecule has 1 atom stereocenters. The number of aryl methyl sites for hydroxylation is 2. The molecule has 6 heteroatoms. The molecule has 0 heterocycles. The predicted molar refractivity (Wildman–Crippen MR) is 86.0 cm³/mol. The van der Waals surface area contributed by atoms with Crippen LogP contribution in [0.1, 0.15) is 24.5 Å². The summed E-state index contributed by atoms with van der Waals surface area (Å²) in [6.45, 7) is 5.63. The van der Waals surface area contributed by atoms with Crippen molar-refractivity contribution in [2.45, 2.75) is 33.2 Å². The minimum absolute atomic E-state index is 0.220. The van der Waals surface area contributed by atoms with Crippen molar-refractivity contribution in [3.05, 3.63) is 29.3 Å². The van der Waals surface area contributed by atoms with Crippen molar-refractivity contribution in [1.82, 2.24) is 4.90 Å². The zero-order valence-corrected chi connectivity index (χ0v) is 14.4. The molecule has 0 N–H and O–H groups in total. The fourth-order valence-corrected chi connectivity index (χ4v) is 3.61.